The van der Waals surface area contributed by atoms with Crippen LogP contribution in [0, 0.1) is 0 Å². The number of rotatable bonds is 3. The lowest BCUT2D eigenvalue weighted by molar-refractivity contribution is -0.119. The van der Waals surface area contributed by atoms with Crippen molar-refractivity contribution < 1.29 is 4.79 Å². The first-order valence-corrected chi connectivity index (χ1v) is 8.38. The summed E-state index contributed by atoms with van der Waals surface area (Å²) in [6.07, 6.45) is 6.92. The molecule has 0 N–H and O–H groups in total. The van der Waals surface area contributed by atoms with Crippen molar-refractivity contribution in [3.8, 4) is 0 Å². The van der Waals surface area contributed by atoms with Crippen molar-refractivity contribution in [1.29, 1.82) is 0 Å². The summed E-state index contributed by atoms with van der Waals surface area (Å²) in [6, 6.07) is 8.64. The van der Waals surface area contributed by atoms with Crippen LogP contribution in [0.2, 0.25) is 0 Å². The summed E-state index contributed by atoms with van der Waals surface area (Å²) in [6.45, 7) is 5.41. The second-order valence-corrected chi connectivity index (χ2v) is 6.45. The van der Waals surface area contributed by atoms with Gasteiger partial charge in [0, 0.05) is 24.7 Å². The van der Waals surface area contributed by atoms with E-state index in [1.807, 2.05) is 11.0 Å². The molecule has 2 aliphatic heterocycles. The highest BCUT2D eigenvalue weighted by atomic mass is 16.2. The number of anilines is 1. The Bertz CT molecular complexity index is 492. The van der Waals surface area contributed by atoms with Crippen LogP contribution in [0.1, 0.15) is 44.6 Å². The van der Waals surface area contributed by atoms with Crippen LogP contribution in [0.3, 0.4) is 0 Å². The molecule has 0 bridgehead atoms. The van der Waals surface area contributed by atoms with E-state index in [-0.39, 0.29) is 5.91 Å². The van der Waals surface area contributed by atoms with Crippen LogP contribution >= 0.6 is 0 Å². The van der Waals surface area contributed by atoms with Gasteiger partial charge >= 0.3 is 0 Å². The van der Waals surface area contributed by atoms with E-state index in [9.17, 15) is 4.79 Å². The molecule has 0 saturated carbocycles. The summed E-state index contributed by atoms with van der Waals surface area (Å²) >= 11 is 0. The van der Waals surface area contributed by atoms with Crippen LogP contribution in [0.15, 0.2) is 24.3 Å². The fourth-order valence-electron chi connectivity index (χ4n) is 3.68. The Balaban J connectivity index is 1.60. The lowest BCUT2D eigenvalue weighted by atomic mass is 10.1. The van der Waals surface area contributed by atoms with Crippen molar-refractivity contribution in [3.63, 3.8) is 0 Å². The van der Waals surface area contributed by atoms with E-state index in [0.29, 0.717) is 12.5 Å². The van der Waals surface area contributed by atoms with Gasteiger partial charge in [-0.3, -0.25) is 4.79 Å². The minimum atomic E-state index is 0.289. The van der Waals surface area contributed by atoms with Gasteiger partial charge < -0.3 is 9.80 Å². The van der Waals surface area contributed by atoms with E-state index in [2.05, 4.69) is 30.0 Å². The van der Waals surface area contributed by atoms with Gasteiger partial charge in [-0.05, 0) is 50.9 Å². The molecule has 0 spiro atoms. The normalized spacial score (nSPS) is 22.9. The van der Waals surface area contributed by atoms with Gasteiger partial charge in [-0.1, -0.05) is 31.0 Å². The smallest absolute Gasteiger partial charge is 0.228 e. The molecule has 2 aliphatic rings. The molecule has 1 amide bonds. The molecule has 3 rings (SSSR count). The highest BCUT2D eigenvalue weighted by Crippen LogP contribution is 2.32. The highest BCUT2D eigenvalue weighted by Gasteiger charge is 2.30. The van der Waals surface area contributed by atoms with Crippen molar-refractivity contribution in [1.82, 2.24) is 4.90 Å². The summed E-state index contributed by atoms with van der Waals surface area (Å²) in [7, 11) is 0. The van der Waals surface area contributed by atoms with E-state index in [1.54, 1.807) is 0 Å². The first kappa shape index (κ1) is 14.6. The first-order chi connectivity index (χ1) is 10.3. The van der Waals surface area contributed by atoms with Crippen molar-refractivity contribution >= 4 is 11.6 Å². The maximum atomic E-state index is 12.6. The van der Waals surface area contributed by atoms with Crippen LogP contribution in [0.25, 0.3) is 0 Å². The summed E-state index contributed by atoms with van der Waals surface area (Å²) in [5.41, 5.74) is 2.44. The first-order valence-electron chi connectivity index (χ1n) is 8.38. The molecule has 114 valence electrons. The molecule has 21 heavy (non-hydrogen) atoms. The van der Waals surface area contributed by atoms with Crippen LogP contribution in [-0.2, 0) is 11.2 Å². The molecule has 0 aromatic heterocycles. The van der Waals surface area contributed by atoms with Crippen molar-refractivity contribution in [3.05, 3.63) is 29.8 Å². The maximum Gasteiger partial charge on any atom is 0.228 e. The van der Waals surface area contributed by atoms with Crippen molar-refractivity contribution in [2.75, 3.05) is 24.5 Å². The Morgan fingerprint density at radius 1 is 1.14 bits per heavy atom. The van der Waals surface area contributed by atoms with Gasteiger partial charge in [0.15, 0.2) is 0 Å². The van der Waals surface area contributed by atoms with E-state index < -0.39 is 0 Å². The SMILES string of the molecule is CC1Cc2ccccc2N1C(=O)CCN1CCCCCC1. The van der Waals surface area contributed by atoms with E-state index in [4.69, 9.17) is 0 Å². The third-order valence-electron chi connectivity index (χ3n) is 4.82. The van der Waals surface area contributed by atoms with E-state index in [1.165, 1.54) is 44.3 Å². The van der Waals surface area contributed by atoms with Gasteiger partial charge in [-0.25, -0.2) is 0 Å². The third-order valence-corrected chi connectivity index (χ3v) is 4.82. The highest BCUT2D eigenvalue weighted by molar-refractivity contribution is 5.96. The molecular weight excluding hydrogens is 260 g/mol. The number of amides is 1. The molecule has 0 aliphatic carbocycles. The number of hydrogen-bond donors (Lipinski definition) is 0. The zero-order valence-electron chi connectivity index (χ0n) is 13.1. The average molecular weight is 286 g/mol. The number of likely N-dealkylation sites (tertiary alicyclic amines) is 1. The fraction of sp³-hybridized carbons (Fsp3) is 0.611. The quantitative estimate of drug-likeness (QED) is 0.851. The molecule has 3 nitrogen and oxygen atoms in total. The monoisotopic (exact) mass is 286 g/mol. The summed E-state index contributed by atoms with van der Waals surface area (Å²) in [5, 5.41) is 0. The zero-order chi connectivity index (χ0) is 14.7. The van der Waals surface area contributed by atoms with Gasteiger partial charge in [0.1, 0.15) is 0 Å². The lowest BCUT2D eigenvalue weighted by Gasteiger charge is -2.25. The second-order valence-electron chi connectivity index (χ2n) is 6.45. The van der Waals surface area contributed by atoms with Crippen LogP contribution in [0.4, 0.5) is 5.69 Å². The topological polar surface area (TPSA) is 23.6 Å². The molecule has 1 saturated heterocycles. The number of benzene rings is 1. The predicted octanol–water partition coefficient (Wildman–Crippen LogP) is 3.23. The second kappa shape index (κ2) is 6.61. The lowest BCUT2D eigenvalue weighted by Crippen LogP contribution is -2.38. The van der Waals surface area contributed by atoms with Gasteiger partial charge in [-0.15, -0.1) is 0 Å². The maximum absolute atomic E-state index is 12.6. The minimum Gasteiger partial charge on any atom is -0.309 e. The van der Waals surface area contributed by atoms with E-state index in [0.717, 1.165) is 18.7 Å². The van der Waals surface area contributed by atoms with Crippen molar-refractivity contribution in [2.24, 2.45) is 0 Å². The van der Waals surface area contributed by atoms with Crippen LogP contribution < -0.4 is 4.90 Å². The van der Waals surface area contributed by atoms with Crippen LogP contribution in [0.5, 0.6) is 0 Å². The Morgan fingerprint density at radius 3 is 2.62 bits per heavy atom. The predicted molar refractivity (Wildman–Crippen MR) is 86.6 cm³/mol. The van der Waals surface area contributed by atoms with Gasteiger partial charge in [0.05, 0.1) is 0 Å². The number of nitrogens with zero attached hydrogens (tertiary/aromatic N) is 2. The molecule has 1 atom stereocenters. The largest absolute Gasteiger partial charge is 0.309 e. The average Bonchev–Trinajstić information content (AvgIpc) is 2.65. The molecule has 1 aromatic carbocycles. The summed E-state index contributed by atoms with van der Waals surface area (Å²) in [4.78, 5) is 17.1. The molecule has 2 heterocycles. The van der Waals surface area contributed by atoms with Gasteiger partial charge in [-0.2, -0.15) is 0 Å². The number of carbonyl (C=O) groups is 1. The van der Waals surface area contributed by atoms with Gasteiger partial charge in [0.25, 0.3) is 0 Å². The number of para-hydroxylation sites is 1. The molecular formula is C18H26N2O. The Morgan fingerprint density at radius 2 is 1.86 bits per heavy atom. The molecule has 3 heteroatoms. The molecule has 1 fully saturated rings. The molecule has 0 radical (unpaired) electrons. The molecule has 1 unspecified atom stereocenters. The molecule has 1 aromatic rings. The summed E-state index contributed by atoms with van der Waals surface area (Å²) in [5.74, 6) is 0.289. The number of hydrogen-bond acceptors (Lipinski definition) is 2. The minimum absolute atomic E-state index is 0.289. The standard InChI is InChI=1S/C18H26N2O/c1-15-14-16-8-4-5-9-17(16)20(15)18(21)10-13-19-11-6-2-3-7-12-19/h4-5,8-9,15H,2-3,6-7,10-14H2,1H3. The third kappa shape index (κ3) is 3.29. The number of fused-ring (bicyclic) bond motifs is 1. The fourth-order valence-corrected chi connectivity index (χ4v) is 3.68. The Labute approximate surface area is 127 Å². The Hall–Kier alpha value is -1.35. The summed E-state index contributed by atoms with van der Waals surface area (Å²) < 4.78 is 0. The van der Waals surface area contributed by atoms with Crippen molar-refractivity contribution in [2.45, 2.75) is 51.5 Å². The van der Waals surface area contributed by atoms with E-state index >= 15 is 0 Å². The van der Waals surface area contributed by atoms with Gasteiger partial charge in [0.2, 0.25) is 5.91 Å². The number of carbonyl (C=O) groups excluding carboxylic acids is 1. The Kier molecular flexibility index (Phi) is 4.59. The van der Waals surface area contributed by atoms with Crippen LogP contribution in [-0.4, -0.2) is 36.5 Å². The zero-order valence-corrected chi connectivity index (χ0v) is 13.1.